The fraction of sp³-hybridized carbons (Fsp3) is 0.556. The van der Waals surface area contributed by atoms with Crippen LogP contribution in [0.2, 0.25) is 0 Å². The van der Waals surface area contributed by atoms with Crippen molar-refractivity contribution in [3.63, 3.8) is 0 Å². The Morgan fingerprint density at radius 3 is 2.92 bits per heavy atom. The van der Waals surface area contributed by atoms with E-state index < -0.39 is 0 Å². The zero-order valence-corrected chi connectivity index (χ0v) is 14.4. The highest BCUT2D eigenvalue weighted by atomic mass is 16.2. The minimum atomic E-state index is -0.00238. The molecular formula is C18H25N5O. The molecule has 2 fully saturated rings. The Bertz CT molecular complexity index is 749. The number of hydrogen-bond acceptors (Lipinski definition) is 3. The van der Waals surface area contributed by atoms with Gasteiger partial charge in [0, 0.05) is 37.9 Å². The van der Waals surface area contributed by atoms with E-state index in [0.717, 1.165) is 29.8 Å². The number of fused-ring (bicyclic) bond motifs is 1. The Hall–Kier alpha value is -2.08. The minimum absolute atomic E-state index is 0.00238. The lowest BCUT2D eigenvalue weighted by Gasteiger charge is -2.49. The number of imidazole rings is 1. The highest BCUT2D eigenvalue weighted by molar-refractivity contribution is 5.92. The Morgan fingerprint density at radius 1 is 1.29 bits per heavy atom. The second-order valence-corrected chi connectivity index (χ2v) is 7.13. The number of piperidine rings is 1. The van der Waals surface area contributed by atoms with Crippen LogP contribution in [-0.2, 0) is 7.05 Å². The van der Waals surface area contributed by atoms with Gasteiger partial charge in [-0.1, -0.05) is 6.42 Å². The summed E-state index contributed by atoms with van der Waals surface area (Å²) in [5.74, 6) is 0. The molecule has 4 rings (SSSR count). The summed E-state index contributed by atoms with van der Waals surface area (Å²) < 4.78 is 1.96. The van der Waals surface area contributed by atoms with Gasteiger partial charge in [-0.25, -0.2) is 9.78 Å². The average Bonchev–Trinajstić information content (AvgIpc) is 2.89. The third kappa shape index (κ3) is 2.75. The van der Waals surface area contributed by atoms with Crippen LogP contribution in [0.4, 0.5) is 10.5 Å². The molecular weight excluding hydrogens is 302 g/mol. The first-order valence-electron chi connectivity index (χ1n) is 8.84. The van der Waals surface area contributed by atoms with Crippen molar-refractivity contribution in [2.45, 2.75) is 38.3 Å². The first-order valence-corrected chi connectivity index (χ1v) is 8.84. The molecule has 0 saturated carbocycles. The minimum Gasteiger partial charge on any atom is -0.334 e. The van der Waals surface area contributed by atoms with Gasteiger partial charge in [-0.05, 0) is 44.5 Å². The standard InChI is InChI=1S/C18H25N5O/c1-13-5-3-4-8-23(13)15-10-22(11-15)18(24)20-14-6-7-16-17(9-14)21(2)12-19-16/h6-7,9,12-13,15H,3-5,8,10-11H2,1-2H3,(H,20,24)/t13-/m1/s1. The maximum atomic E-state index is 12.4. The van der Waals surface area contributed by atoms with E-state index in [2.05, 4.69) is 22.1 Å². The largest absolute Gasteiger partial charge is 0.334 e. The molecule has 0 spiro atoms. The first kappa shape index (κ1) is 15.4. The lowest BCUT2D eigenvalue weighted by atomic mass is 9.98. The first-order chi connectivity index (χ1) is 11.6. The Balaban J connectivity index is 1.36. The van der Waals surface area contributed by atoms with Gasteiger partial charge in [0.05, 0.1) is 17.4 Å². The summed E-state index contributed by atoms with van der Waals surface area (Å²) >= 11 is 0. The van der Waals surface area contributed by atoms with E-state index in [0.29, 0.717) is 12.1 Å². The Labute approximate surface area is 142 Å². The van der Waals surface area contributed by atoms with E-state index in [4.69, 9.17) is 0 Å². The molecule has 2 aliphatic heterocycles. The zero-order valence-electron chi connectivity index (χ0n) is 14.4. The van der Waals surface area contributed by atoms with Gasteiger partial charge >= 0.3 is 6.03 Å². The molecule has 2 aromatic rings. The number of aromatic nitrogens is 2. The summed E-state index contributed by atoms with van der Waals surface area (Å²) in [5, 5.41) is 3.02. The Kier molecular flexibility index (Phi) is 3.92. The molecule has 6 heteroatoms. The maximum absolute atomic E-state index is 12.4. The lowest BCUT2D eigenvalue weighted by molar-refractivity contribution is 0.0199. The van der Waals surface area contributed by atoms with Crippen molar-refractivity contribution in [1.29, 1.82) is 0 Å². The second-order valence-electron chi connectivity index (χ2n) is 7.13. The smallest absolute Gasteiger partial charge is 0.321 e. The van der Waals surface area contributed by atoms with Crippen LogP contribution in [0.25, 0.3) is 11.0 Å². The summed E-state index contributed by atoms with van der Waals surface area (Å²) in [5.41, 5.74) is 2.79. The van der Waals surface area contributed by atoms with Gasteiger partial charge in [0.2, 0.25) is 0 Å². The number of amides is 2. The van der Waals surface area contributed by atoms with Gasteiger partial charge in [-0.2, -0.15) is 0 Å². The number of benzene rings is 1. The van der Waals surface area contributed by atoms with Crippen LogP contribution >= 0.6 is 0 Å². The highest BCUT2D eigenvalue weighted by Gasteiger charge is 2.37. The van der Waals surface area contributed by atoms with E-state index in [9.17, 15) is 4.79 Å². The van der Waals surface area contributed by atoms with Crippen LogP contribution in [0.5, 0.6) is 0 Å². The summed E-state index contributed by atoms with van der Waals surface area (Å²) in [7, 11) is 1.96. The number of nitrogens with zero attached hydrogens (tertiary/aromatic N) is 4. The van der Waals surface area contributed by atoms with Gasteiger partial charge in [0.15, 0.2) is 0 Å². The van der Waals surface area contributed by atoms with Crippen molar-refractivity contribution in [2.24, 2.45) is 7.05 Å². The molecule has 24 heavy (non-hydrogen) atoms. The molecule has 6 nitrogen and oxygen atoms in total. The van der Waals surface area contributed by atoms with E-state index >= 15 is 0 Å². The third-order valence-electron chi connectivity index (χ3n) is 5.45. The second kappa shape index (κ2) is 6.09. The predicted molar refractivity (Wildman–Crippen MR) is 95.1 cm³/mol. The molecule has 0 unspecified atom stereocenters. The predicted octanol–water partition coefficient (Wildman–Crippen LogP) is 2.66. The van der Waals surface area contributed by atoms with Gasteiger partial charge in [-0.3, -0.25) is 4.90 Å². The summed E-state index contributed by atoms with van der Waals surface area (Å²) in [6.07, 6.45) is 5.70. The summed E-state index contributed by atoms with van der Waals surface area (Å²) in [4.78, 5) is 21.2. The molecule has 1 aromatic carbocycles. The van der Waals surface area contributed by atoms with Gasteiger partial charge in [-0.15, -0.1) is 0 Å². The van der Waals surface area contributed by atoms with Crippen LogP contribution < -0.4 is 5.32 Å². The number of likely N-dealkylation sites (tertiary alicyclic amines) is 2. The van der Waals surface area contributed by atoms with E-state index in [-0.39, 0.29) is 6.03 Å². The normalized spacial score (nSPS) is 22.6. The fourth-order valence-corrected chi connectivity index (χ4v) is 3.90. The zero-order chi connectivity index (χ0) is 16.7. The number of anilines is 1. The SMILES string of the molecule is C[C@@H]1CCCCN1C1CN(C(=O)Nc2ccc3ncn(C)c3c2)C1. The number of carbonyl (C=O) groups excluding carboxylic acids is 1. The molecule has 2 aliphatic rings. The van der Waals surface area contributed by atoms with Crippen LogP contribution in [-0.4, -0.2) is 57.1 Å². The molecule has 1 atom stereocenters. The number of hydrogen-bond donors (Lipinski definition) is 1. The van der Waals surface area contributed by atoms with E-state index in [1.54, 1.807) is 6.33 Å². The number of rotatable bonds is 2. The van der Waals surface area contributed by atoms with Crippen molar-refractivity contribution >= 4 is 22.8 Å². The van der Waals surface area contributed by atoms with E-state index in [1.165, 1.54) is 25.8 Å². The quantitative estimate of drug-likeness (QED) is 0.922. The molecule has 1 aromatic heterocycles. The molecule has 2 amide bonds. The van der Waals surface area contributed by atoms with Crippen molar-refractivity contribution in [1.82, 2.24) is 19.4 Å². The van der Waals surface area contributed by atoms with Gasteiger partial charge < -0.3 is 14.8 Å². The number of carbonyl (C=O) groups is 1. The highest BCUT2D eigenvalue weighted by Crippen LogP contribution is 2.25. The van der Waals surface area contributed by atoms with Crippen molar-refractivity contribution in [3.05, 3.63) is 24.5 Å². The number of aryl methyl sites for hydroxylation is 1. The van der Waals surface area contributed by atoms with Gasteiger partial charge in [0.1, 0.15) is 0 Å². The third-order valence-corrected chi connectivity index (χ3v) is 5.45. The van der Waals surface area contributed by atoms with Crippen LogP contribution in [0, 0.1) is 0 Å². The molecule has 3 heterocycles. The molecule has 0 radical (unpaired) electrons. The summed E-state index contributed by atoms with van der Waals surface area (Å²) in [6, 6.07) is 7.02. The molecule has 2 saturated heterocycles. The van der Waals surface area contributed by atoms with Gasteiger partial charge in [0.25, 0.3) is 0 Å². The van der Waals surface area contributed by atoms with Crippen LogP contribution in [0.15, 0.2) is 24.5 Å². The molecule has 128 valence electrons. The van der Waals surface area contributed by atoms with Crippen LogP contribution in [0.1, 0.15) is 26.2 Å². The molecule has 0 aliphatic carbocycles. The Morgan fingerprint density at radius 2 is 2.12 bits per heavy atom. The lowest BCUT2D eigenvalue weighted by Crippen LogP contribution is -2.64. The topological polar surface area (TPSA) is 53.4 Å². The number of nitrogens with one attached hydrogen (secondary N) is 1. The fourth-order valence-electron chi connectivity index (χ4n) is 3.90. The molecule has 0 bridgehead atoms. The van der Waals surface area contributed by atoms with Crippen molar-refractivity contribution < 1.29 is 4.79 Å². The summed E-state index contributed by atoms with van der Waals surface area (Å²) in [6.45, 7) is 5.16. The van der Waals surface area contributed by atoms with Crippen LogP contribution in [0.3, 0.4) is 0 Å². The van der Waals surface area contributed by atoms with E-state index in [1.807, 2.05) is 34.7 Å². The molecule has 1 N–H and O–H groups in total. The number of urea groups is 1. The monoisotopic (exact) mass is 327 g/mol. The van der Waals surface area contributed by atoms with Crippen molar-refractivity contribution in [2.75, 3.05) is 25.0 Å². The van der Waals surface area contributed by atoms with Crippen molar-refractivity contribution in [3.8, 4) is 0 Å². The average molecular weight is 327 g/mol. The maximum Gasteiger partial charge on any atom is 0.321 e.